The summed E-state index contributed by atoms with van der Waals surface area (Å²) < 4.78 is 6.93. The van der Waals surface area contributed by atoms with E-state index in [1.54, 1.807) is 10.8 Å². The first-order valence-electron chi connectivity index (χ1n) is 8.30. The Labute approximate surface area is 144 Å². The van der Waals surface area contributed by atoms with Crippen LogP contribution in [0.3, 0.4) is 0 Å². The number of nitrogens with two attached hydrogens (primary N) is 1. The van der Waals surface area contributed by atoms with Gasteiger partial charge in [-0.2, -0.15) is 4.98 Å². The Kier molecular flexibility index (Phi) is 4.07. The number of rotatable bonds is 3. The fourth-order valence-electron chi connectivity index (χ4n) is 3.05. The van der Waals surface area contributed by atoms with E-state index in [-0.39, 0.29) is 11.6 Å². The summed E-state index contributed by atoms with van der Waals surface area (Å²) in [6.07, 6.45) is 3.48. The van der Waals surface area contributed by atoms with Crippen LogP contribution in [0.2, 0.25) is 0 Å². The summed E-state index contributed by atoms with van der Waals surface area (Å²) in [6, 6.07) is 11.1. The van der Waals surface area contributed by atoms with Crippen molar-refractivity contribution in [2.45, 2.75) is 18.9 Å². The average molecular weight is 337 g/mol. The first-order chi connectivity index (χ1) is 12.2. The SMILES string of the molecule is Nc1cc(=O)n(-c2ccccc2)c2nc(NC3CCOCC3)ncc12. The largest absolute Gasteiger partial charge is 0.398 e. The maximum absolute atomic E-state index is 12.5. The number of aromatic nitrogens is 3. The highest BCUT2D eigenvalue weighted by atomic mass is 16.5. The molecule has 1 aliphatic rings. The monoisotopic (exact) mass is 337 g/mol. The highest BCUT2D eigenvalue weighted by molar-refractivity contribution is 5.88. The second-order valence-corrected chi connectivity index (χ2v) is 6.07. The van der Waals surface area contributed by atoms with E-state index in [0.717, 1.165) is 31.7 Å². The van der Waals surface area contributed by atoms with Gasteiger partial charge in [0.25, 0.3) is 5.56 Å². The molecule has 7 nitrogen and oxygen atoms in total. The second-order valence-electron chi connectivity index (χ2n) is 6.07. The lowest BCUT2D eigenvalue weighted by Gasteiger charge is -2.23. The predicted octanol–water partition coefficient (Wildman–Crippen LogP) is 1.95. The van der Waals surface area contributed by atoms with Gasteiger partial charge in [0.1, 0.15) is 0 Å². The molecule has 0 atom stereocenters. The molecule has 1 aromatic carbocycles. The van der Waals surface area contributed by atoms with Crippen molar-refractivity contribution in [3.63, 3.8) is 0 Å². The van der Waals surface area contributed by atoms with Gasteiger partial charge in [-0.15, -0.1) is 0 Å². The third-order valence-electron chi connectivity index (χ3n) is 4.36. The smallest absolute Gasteiger partial charge is 0.258 e. The third-order valence-corrected chi connectivity index (χ3v) is 4.36. The van der Waals surface area contributed by atoms with Crippen LogP contribution in [0.5, 0.6) is 0 Å². The molecule has 128 valence electrons. The molecule has 0 radical (unpaired) electrons. The zero-order chi connectivity index (χ0) is 17.2. The van der Waals surface area contributed by atoms with Crippen LogP contribution in [0.1, 0.15) is 12.8 Å². The van der Waals surface area contributed by atoms with Crippen LogP contribution in [-0.4, -0.2) is 33.8 Å². The zero-order valence-electron chi connectivity index (χ0n) is 13.7. The molecular weight excluding hydrogens is 318 g/mol. The molecule has 0 unspecified atom stereocenters. The highest BCUT2D eigenvalue weighted by Gasteiger charge is 2.16. The number of anilines is 2. The summed E-state index contributed by atoms with van der Waals surface area (Å²) in [7, 11) is 0. The number of hydrogen-bond acceptors (Lipinski definition) is 6. The molecule has 25 heavy (non-hydrogen) atoms. The van der Waals surface area contributed by atoms with E-state index in [1.165, 1.54) is 6.07 Å². The summed E-state index contributed by atoms with van der Waals surface area (Å²) in [5.74, 6) is 0.495. The van der Waals surface area contributed by atoms with Gasteiger partial charge in [-0.05, 0) is 25.0 Å². The lowest BCUT2D eigenvalue weighted by atomic mass is 10.1. The first kappa shape index (κ1) is 15.6. The van der Waals surface area contributed by atoms with E-state index in [1.807, 2.05) is 30.3 Å². The van der Waals surface area contributed by atoms with Gasteiger partial charge in [0, 0.05) is 37.2 Å². The number of benzene rings is 1. The Morgan fingerprint density at radius 3 is 2.72 bits per heavy atom. The Morgan fingerprint density at radius 1 is 1.20 bits per heavy atom. The molecule has 4 rings (SSSR count). The second kappa shape index (κ2) is 6.52. The van der Waals surface area contributed by atoms with Crippen molar-refractivity contribution in [1.29, 1.82) is 0 Å². The lowest BCUT2D eigenvalue weighted by molar-refractivity contribution is 0.0903. The van der Waals surface area contributed by atoms with E-state index in [9.17, 15) is 4.79 Å². The standard InChI is InChI=1S/C18H19N5O2/c19-15-10-16(24)23(13-4-2-1-3-5-13)17-14(15)11-20-18(22-17)21-12-6-8-25-9-7-12/h1-5,10-12H,6-9,19H2,(H,20,21,22). The van der Waals surface area contributed by atoms with Crippen molar-refractivity contribution >= 4 is 22.7 Å². The molecule has 2 aromatic heterocycles. The van der Waals surface area contributed by atoms with E-state index in [0.29, 0.717) is 22.7 Å². The number of nitrogens with one attached hydrogen (secondary N) is 1. The van der Waals surface area contributed by atoms with Crippen LogP contribution in [0.25, 0.3) is 16.7 Å². The van der Waals surface area contributed by atoms with Crippen LogP contribution in [0.15, 0.2) is 47.4 Å². The van der Waals surface area contributed by atoms with Crippen molar-refractivity contribution in [3.8, 4) is 5.69 Å². The van der Waals surface area contributed by atoms with Crippen LogP contribution < -0.4 is 16.6 Å². The molecule has 0 aliphatic carbocycles. The molecule has 3 aromatic rings. The van der Waals surface area contributed by atoms with Crippen molar-refractivity contribution in [2.24, 2.45) is 0 Å². The van der Waals surface area contributed by atoms with E-state index >= 15 is 0 Å². The number of ether oxygens (including phenoxy) is 1. The number of nitrogens with zero attached hydrogens (tertiary/aromatic N) is 3. The quantitative estimate of drug-likeness (QED) is 0.758. The number of fused-ring (bicyclic) bond motifs is 1. The lowest BCUT2D eigenvalue weighted by Crippen LogP contribution is -2.29. The molecule has 3 N–H and O–H groups in total. The van der Waals surface area contributed by atoms with Crippen molar-refractivity contribution < 1.29 is 4.74 Å². The molecule has 0 bridgehead atoms. The topological polar surface area (TPSA) is 95.1 Å². The van der Waals surface area contributed by atoms with Gasteiger partial charge in [-0.1, -0.05) is 18.2 Å². The summed E-state index contributed by atoms with van der Waals surface area (Å²) in [6.45, 7) is 1.46. The summed E-state index contributed by atoms with van der Waals surface area (Å²) >= 11 is 0. The van der Waals surface area contributed by atoms with Gasteiger partial charge in [0.05, 0.1) is 11.1 Å². The van der Waals surface area contributed by atoms with E-state index in [2.05, 4.69) is 15.3 Å². The van der Waals surface area contributed by atoms with E-state index < -0.39 is 0 Å². The summed E-state index contributed by atoms with van der Waals surface area (Å²) in [5.41, 5.74) is 7.42. The predicted molar refractivity (Wildman–Crippen MR) is 97.0 cm³/mol. The summed E-state index contributed by atoms with van der Waals surface area (Å²) in [4.78, 5) is 21.5. The minimum Gasteiger partial charge on any atom is -0.398 e. The summed E-state index contributed by atoms with van der Waals surface area (Å²) in [5, 5.41) is 3.99. The van der Waals surface area contributed by atoms with Crippen molar-refractivity contribution in [1.82, 2.24) is 14.5 Å². The fourth-order valence-corrected chi connectivity index (χ4v) is 3.05. The number of hydrogen-bond donors (Lipinski definition) is 2. The Hall–Kier alpha value is -2.93. The molecule has 0 spiro atoms. The Morgan fingerprint density at radius 2 is 1.96 bits per heavy atom. The van der Waals surface area contributed by atoms with Crippen LogP contribution in [0.4, 0.5) is 11.6 Å². The molecule has 1 fully saturated rings. The van der Waals surface area contributed by atoms with Crippen LogP contribution in [0, 0.1) is 0 Å². The van der Waals surface area contributed by atoms with Crippen molar-refractivity contribution in [3.05, 3.63) is 52.9 Å². The highest BCUT2D eigenvalue weighted by Crippen LogP contribution is 2.21. The minimum atomic E-state index is -0.216. The zero-order valence-corrected chi connectivity index (χ0v) is 13.7. The maximum Gasteiger partial charge on any atom is 0.258 e. The molecule has 0 amide bonds. The van der Waals surface area contributed by atoms with Gasteiger partial charge >= 0.3 is 0 Å². The van der Waals surface area contributed by atoms with Crippen molar-refractivity contribution in [2.75, 3.05) is 24.3 Å². The third kappa shape index (κ3) is 3.06. The normalized spacial score (nSPS) is 15.4. The van der Waals surface area contributed by atoms with E-state index in [4.69, 9.17) is 10.5 Å². The van der Waals surface area contributed by atoms with Crippen LogP contribution in [-0.2, 0) is 4.74 Å². The van der Waals surface area contributed by atoms with Gasteiger partial charge in [-0.3, -0.25) is 9.36 Å². The number of pyridine rings is 1. The maximum atomic E-state index is 12.5. The Balaban J connectivity index is 1.83. The van der Waals surface area contributed by atoms with Gasteiger partial charge in [0.15, 0.2) is 5.65 Å². The van der Waals surface area contributed by atoms with Gasteiger partial charge in [-0.25, -0.2) is 4.98 Å². The van der Waals surface area contributed by atoms with Crippen LogP contribution >= 0.6 is 0 Å². The molecule has 7 heteroatoms. The molecule has 1 aliphatic heterocycles. The minimum absolute atomic E-state index is 0.216. The average Bonchev–Trinajstić information content (AvgIpc) is 2.63. The molecular formula is C18H19N5O2. The number of nitrogen functional groups attached to an aromatic ring is 1. The van der Waals surface area contributed by atoms with Gasteiger partial charge in [0.2, 0.25) is 5.95 Å². The number of para-hydroxylation sites is 1. The molecule has 0 saturated carbocycles. The molecule has 1 saturated heterocycles. The van der Waals surface area contributed by atoms with Gasteiger partial charge < -0.3 is 15.8 Å². The fraction of sp³-hybridized carbons (Fsp3) is 0.278. The Bertz CT molecular complexity index is 949. The molecule has 3 heterocycles. The first-order valence-corrected chi connectivity index (χ1v) is 8.30.